The van der Waals surface area contributed by atoms with Gasteiger partial charge in [0.25, 0.3) is 0 Å². The SMILES string of the molecule is CCCCc1c2nc(cc3ccc(cc4ccc([nH]4)c(-c4cccc(OC)c4)c4nc1C=C4)[nH]3)C=C2. The van der Waals surface area contributed by atoms with Crippen LogP contribution in [-0.2, 0) is 6.42 Å². The van der Waals surface area contributed by atoms with Gasteiger partial charge in [-0.15, -0.1) is 0 Å². The number of aromatic nitrogens is 4. The van der Waals surface area contributed by atoms with Gasteiger partial charge in [0.2, 0.25) is 0 Å². The zero-order valence-corrected chi connectivity index (χ0v) is 20.5. The van der Waals surface area contributed by atoms with E-state index in [9.17, 15) is 0 Å². The van der Waals surface area contributed by atoms with Crippen molar-refractivity contribution in [2.75, 3.05) is 7.11 Å². The van der Waals surface area contributed by atoms with Crippen molar-refractivity contribution in [3.8, 4) is 16.9 Å². The van der Waals surface area contributed by atoms with E-state index in [4.69, 9.17) is 14.7 Å². The summed E-state index contributed by atoms with van der Waals surface area (Å²) in [5.41, 5.74) is 11.2. The van der Waals surface area contributed by atoms with Crippen molar-refractivity contribution in [1.82, 2.24) is 19.9 Å². The lowest BCUT2D eigenvalue weighted by Crippen LogP contribution is -1.94. The first-order chi connectivity index (χ1) is 17.7. The minimum Gasteiger partial charge on any atom is -0.497 e. The van der Waals surface area contributed by atoms with Gasteiger partial charge in [0.1, 0.15) is 5.75 Å². The van der Waals surface area contributed by atoms with Crippen molar-refractivity contribution in [3.05, 3.63) is 89.0 Å². The van der Waals surface area contributed by atoms with E-state index in [1.54, 1.807) is 7.11 Å². The molecule has 178 valence electrons. The maximum Gasteiger partial charge on any atom is 0.119 e. The van der Waals surface area contributed by atoms with Crippen molar-refractivity contribution in [2.24, 2.45) is 0 Å². The molecule has 5 heterocycles. The molecule has 2 N–H and O–H groups in total. The van der Waals surface area contributed by atoms with E-state index in [1.807, 2.05) is 12.1 Å². The number of benzene rings is 1. The van der Waals surface area contributed by atoms with Crippen molar-refractivity contribution < 1.29 is 4.74 Å². The summed E-state index contributed by atoms with van der Waals surface area (Å²) in [6.07, 6.45) is 11.6. The number of methoxy groups -OCH3 is 1. The molecule has 5 heteroatoms. The second-order valence-electron chi connectivity index (χ2n) is 9.14. The Kier molecular flexibility index (Phi) is 5.74. The monoisotopic (exact) mass is 472 g/mol. The molecule has 0 unspecified atom stereocenters. The fourth-order valence-electron chi connectivity index (χ4n) is 4.82. The van der Waals surface area contributed by atoms with Crippen LogP contribution >= 0.6 is 0 Å². The molecule has 6 rings (SSSR count). The van der Waals surface area contributed by atoms with Crippen LogP contribution in [0.5, 0.6) is 5.75 Å². The van der Waals surface area contributed by atoms with E-state index in [0.29, 0.717) is 0 Å². The molecule has 2 aliphatic rings. The van der Waals surface area contributed by atoms with Crippen LogP contribution in [0.25, 0.3) is 57.5 Å². The van der Waals surface area contributed by atoms with Crippen LogP contribution in [0.1, 0.15) is 48.1 Å². The molecule has 36 heavy (non-hydrogen) atoms. The molecule has 0 saturated heterocycles. The Bertz CT molecular complexity index is 1670. The summed E-state index contributed by atoms with van der Waals surface area (Å²) >= 11 is 0. The summed E-state index contributed by atoms with van der Waals surface area (Å²) in [6.45, 7) is 2.22. The van der Waals surface area contributed by atoms with Gasteiger partial charge in [0.15, 0.2) is 0 Å². The Morgan fingerprint density at radius 3 is 2.36 bits per heavy atom. The van der Waals surface area contributed by atoms with Gasteiger partial charge in [-0.3, -0.25) is 0 Å². The fraction of sp³-hybridized carbons (Fsp3) is 0.161. The molecule has 0 atom stereocenters. The van der Waals surface area contributed by atoms with E-state index in [2.05, 4.69) is 89.7 Å². The van der Waals surface area contributed by atoms with Gasteiger partial charge in [-0.2, -0.15) is 0 Å². The van der Waals surface area contributed by atoms with Gasteiger partial charge in [-0.1, -0.05) is 25.5 Å². The van der Waals surface area contributed by atoms with Crippen LogP contribution in [0.4, 0.5) is 0 Å². The molecule has 0 fully saturated rings. The quantitative estimate of drug-likeness (QED) is 0.270. The molecule has 0 saturated carbocycles. The lowest BCUT2D eigenvalue weighted by atomic mass is 10.0. The number of unbranched alkanes of at least 4 members (excludes halogenated alkanes) is 1. The lowest BCUT2D eigenvalue weighted by molar-refractivity contribution is 0.415. The summed E-state index contributed by atoms with van der Waals surface area (Å²) in [6, 6.07) is 20.7. The van der Waals surface area contributed by atoms with Crippen LogP contribution in [0.2, 0.25) is 0 Å². The molecule has 0 aliphatic carbocycles. The highest BCUT2D eigenvalue weighted by Crippen LogP contribution is 2.33. The second kappa shape index (κ2) is 9.34. The maximum absolute atomic E-state index is 5.54. The summed E-state index contributed by atoms with van der Waals surface area (Å²) < 4.78 is 5.54. The maximum atomic E-state index is 5.54. The summed E-state index contributed by atoms with van der Waals surface area (Å²) in [5, 5.41) is 0. The molecule has 5 nitrogen and oxygen atoms in total. The highest BCUT2D eigenvalue weighted by molar-refractivity contribution is 5.91. The average Bonchev–Trinajstić information content (AvgIpc) is 3.70. The van der Waals surface area contributed by atoms with Gasteiger partial charge >= 0.3 is 0 Å². The van der Waals surface area contributed by atoms with Crippen LogP contribution in [0.15, 0.2) is 60.7 Å². The molecule has 3 aromatic heterocycles. The molecule has 8 bridgehead atoms. The molecule has 0 spiro atoms. The molecule has 2 aliphatic heterocycles. The number of aromatic amines is 2. The van der Waals surface area contributed by atoms with E-state index < -0.39 is 0 Å². The lowest BCUT2D eigenvalue weighted by Gasteiger charge is -2.07. The largest absolute Gasteiger partial charge is 0.497 e. The van der Waals surface area contributed by atoms with E-state index >= 15 is 0 Å². The van der Waals surface area contributed by atoms with Crippen molar-refractivity contribution in [2.45, 2.75) is 26.2 Å². The highest BCUT2D eigenvalue weighted by Gasteiger charge is 2.15. The first-order valence-corrected chi connectivity index (χ1v) is 12.4. The molecule has 1 aromatic carbocycles. The van der Waals surface area contributed by atoms with Crippen LogP contribution < -0.4 is 4.74 Å². The Morgan fingerprint density at radius 2 is 1.50 bits per heavy atom. The number of hydrogen-bond acceptors (Lipinski definition) is 3. The van der Waals surface area contributed by atoms with Crippen molar-refractivity contribution >= 4 is 46.4 Å². The van der Waals surface area contributed by atoms with Gasteiger partial charge in [-0.25, -0.2) is 9.97 Å². The minimum absolute atomic E-state index is 0.816. The minimum atomic E-state index is 0.816. The normalized spacial score (nSPS) is 12.3. The topological polar surface area (TPSA) is 66.6 Å². The molecular formula is C31H28N4O. The number of H-pyrrole nitrogens is 2. The number of hydrogen-bond donors (Lipinski definition) is 2. The number of ether oxygens (including phenoxy) is 1. The first kappa shape index (κ1) is 22.1. The fourth-order valence-corrected chi connectivity index (χ4v) is 4.82. The molecule has 0 amide bonds. The second-order valence-corrected chi connectivity index (χ2v) is 9.14. The zero-order chi connectivity index (χ0) is 24.5. The number of fused-ring (bicyclic) bond motifs is 8. The van der Waals surface area contributed by atoms with Crippen LogP contribution in [-0.4, -0.2) is 27.0 Å². The third kappa shape index (κ3) is 4.24. The first-order valence-electron chi connectivity index (χ1n) is 12.4. The van der Waals surface area contributed by atoms with Gasteiger partial charge in [-0.05, 0) is 91.2 Å². The zero-order valence-electron chi connectivity index (χ0n) is 20.5. The van der Waals surface area contributed by atoms with Crippen molar-refractivity contribution in [1.29, 1.82) is 0 Å². The number of nitrogens with zero attached hydrogens (tertiary/aromatic N) is 2. The van der Waals surface area contributed by atoms with Crippen LogP contribution in [0.3, 0.4) is 0 Å². The summed E-state index contributed by atoms with van der Waals surface area (Å²) in [4.78, 5) is 17.2. The van der Waals surface area contributed by atoms with Crippen molar-refractivity contribution in [3.63, 3.8) is 0 Å². The number of nitrogens with one attached hydrogen (secondary N) is 2. The van der Waals surface area contributed by atoms with Gasteiger partial charge < -0.3 is 14.7 Å². The molecule has 4 aromatic rings. The average molecular weight is 473 g/mol. The van der Waals surface area contributed by atoms with E-state index in [-0.39, 0.29) is 0 Å². The summed E-state index contributed by atoms with van der Waals surface area (Å²) in [7, 11) is 1.70. The third-order valence-corrected chi connectivity index (χ3v) is 6.64. The van der Waals surface area contributed by atoms with E-state index in [0.717, 1.165) is 81.0 Å². The molecule has 0 radical (unpaired) electrons. The molecular weight excluding hydrogens is 444 g/mol. The van der Waals surface area contributed by atoms with Gasteiger partial charge in [0.05, 0.1) is 29.9 Å². The van der Waals surface area contributed by atoms with Crippen LogP contribution in [0, 0.1) is 0 Å². The Labute approximate surface area is 210 Å². The van der Waals surface area contributed by atoms with E-state index in [1.165, 1.54) is 5.56 Å². The third-order valence-electron chi connectivity index (χ3n) is 6.64. The predicted octanol–water partition coefficient (Wildman–Crippen LogP) is 7.67. The Hall–Kier alpha value is -4.38. The Balaban J connectivity index is 1.72. The highest BCUT2D eigenvalue weighted by atomic mass is 16.5. The predicted molar refractivity (Wildman–Crippen MR) is 149 cm³/mol. The smallest absolute Gasteiger partial charge is 0.119 e. The Morgan fingerprint density at radius 1 is 0.750 bits per heavy atom. The van der Waals surface area contributed by atoms with Gasteiger partial charge in [0, 0.05) is 33.2 Å². The standard InChI is InChI=1S/C31H28N4O/c1-3-4-8-26-27-13-11-23(33-27)18-21-9-10-22(32-21)19-24-12-14-29(34-24)31(30-16-15-28(26)35-30)20-6-5-7-25(17-20)36-2/h5-7,9-19,32,34H,3-4,8H2,1-2H3. The summed E-state index contributed by atoms with van der Waals surface area (Å²) in [5.74, 6) is 0.816. The number of rotatable bonds is 5.